The highest BCUT2D eigenvalue weighted by Crippen LogP contribution is 2.32. The van der Waals surface area contributed by atoms with E-state index in [0.29, 0.717) is 18.0 Å². The van der Waals surface area contributed by atoms with Gasteiger partial charge in [-0.05, 0) is 24.0 Å². The fourth-order valence-corrected chi connectivity index (χ4v) is 4.82. The van der Waals surface area contributed by atoms with Crippen LogP contribution in [0.15, 0.2) is 66.0 Å². The molecule has 0 spiro atoms. The summed E-state index contributed by atoms with van der Waals surface area (Å²) in [5, 5.41) is 25.9. The Bertz CT molecular complexity index is 1070. The fraction of sp³-hybridized carbons (Fsp3) is 0.320. The first-order chi connectivity index (χ1) is 16.0. The Labute approximate surface area is 196 Å². The van der Waals surface area contributed by atoms with Gasteiger partial charge in [-0.2, -0.15) is 0 Å². The van der Waals surface area contributed by atoms with Gasteiger partial charge < -0.3 is 20.4 Å². The maximum atomic E-state index is 12.9. The van der Waals surface area contributed by atoms with Crippen molar-refractivity contribution in [1.82, 2.24) is 15.2 Å². The van der Waals surface area contributed by atoms with Gasteiger partial charge in [0.15, 0.2) is 12.2 Å². The third-order valence-corrected chi connectivity index (χ3v) is 6.68. The lowest BCUT2D eigenvalue weighted by molar-refractivity contribution is -0.153. The van der Waals surface area contributed by atoms with Crippen molar-refractivity contribution in [2.45, 2.75) is 44.1 Å². The Morgan fingerprint density at radius 1 is 1.06 bits per heavy atom. The molecule has 8 heteroatoms. The van der Waals surface area contributed by atoms with Crippen LogP contribution in [0.2, 0.25) is 0 Å². The molecule has 1 unspecified atom stereocenters. The largest absolute Gasteiger partial charge is 0.380 e. The topological polar surface area (TPSA) is 103 Å². The minimum Gasteiger partial charge on any atom is -0.380 e. The molecule has 4 rings (SSSR count). The van der Waals surface area contributed by atoms with Gasteiger partial charge in [0, 0.05) is 18.3 Å². The van der Waals surface area contributed by atoms with Crippen LogP contribution in [0, 0.1) is 0 Å². The molecule has 172 valence electrons. The van der Waals surface area contributed by atoms with E-state index in [9.17, 15) is 19.8 Å². The van der Waals surface area contributed by atoms with E-state index in [1.54, 1.807) is 4.90 Å². The molecule has 2 heterocycles. The van der Waals surface area contributed by atoms with Gasteiger partial charge in [-0.1, -0.05) is 60.7 Å². The first-order valence-corrected chi connectivity index (χ1v) is 11.9. The molecule has 2 aromatic carbocycles. The zero-order chi connectivity index (χ0) is 23.2. The van der Waals surface area contributed by atoms with E-state index >= 15 is 0 Å². The highest BCUT2D eigenvalue weighted by molar-refractivity contribution is 7.09. The molecule has 0 aliphatic carbocycles. The second-order valence-corrected chi connectivity index (χ2v) is 9.05. The molecule has 1 aromatic heterocycles. The van der Waals surface area contributed by atoms with Gasteiger partial charge in [0.1, 0.15) is 5.01 Å². The van der Waals surface area contributed by atoms with E-state index in [2.05, 4.69) is 10.3 Å². The van der Waals surface area contributed by atoms with Crippen molar-refractivity contribution >= 4 is 23.2 Å². The summed E-state index contributed by atoms with van der Waals surface area (Å²) in [4.78, 5) is 31.3. The molecule has 2 amide bonds. The summed E-state index contributed by atoms with van der Waals surface area (Å²) >= 11 is 1.41. The Hall–Kier alpha value is -3.07. The lowest BCUT2D eigenvalue weighted by Gasteiger charge is -2.28. The van der Waals surface area contributed by atoms with Crippen molar-refractivity contribution in [2.24, 2.45) is 0 Å². The van der Waals surface area contributed by atoms with E-state index in [1.807, 2.05) is 66.0 Å². The molecule has 0 bridgehead atoms. The SMILES string of the molecule is O=C(NCc1nc(Cc2ccccc2)cs1)[C@H](O)[C@@H](O)C(=O)N1CCCC1c1ccccc1. The molecular weight excluding hydrogens is 438 g/mol. The summed E-state index contributed by atoms with van der Waals surface area (Å²) < 4.78 is 0. The number of benzene rings is 2. The number of nitrogens with one attached hydrogen (secondary N) is 1. The third-order valence-electron chi connectivity index (χ3n) is 5.78. The monoisotopic (exact) mass is 465 g/mol. The number of rotatable bonds is 8. The van der Waals surface area contributed by atoms with E-state index in [-0.39, 0.29) is 12.6 Å². The molecule has 1 aliphatic heterocycles. The lowest BCUT2D eigenvalue weighted by atomic mass is 10.0. The van der Waals surface area contributed by atoms with Crippen LogP contribution in [0.1, 0.15) is 40.7 Å². The Balaban J connectivity index is 1.31. The molecule has 1 fully saturated rings. The van der Waals surface area contributed by atoms with Gasteiger partial charge in [0.25, 0.3) is 11.8 Å². The van der Waals surface area contributed by atoms with Gasteiger partial charge in [0.2, 0.25) is 0 Å². The first kappa shape index (κ1) is 23.1. The van der Waals surface area contributed by atoms with Gasteiger partial charge in [0.05, 0.1) is 18.3 Å². The minimum absolute atomic E-state index is 0.118. The smallest absolute Gasteiger partial charge is 0.255 e. The van der Waals surface area contributed by atoms with Gasteiger partial charge in [-0.3, -0.25) is 9.59 Å². The average Bonchev–Trinajstić information content (AvgIpc) is 3.52. The Morgan fingerprint density at radius 2 is 1.76 bits per heavy atom. The molecule has 0 saturated carbocycles. The molecule has 3 atom stereocenters. The Morgan fingerprint density at radius 3 is 2.48 bits per heavy atom. The number of likely N-dealkylation sites (tertiary alicyclic amines) is 1. The van der Waals surface area contributed by atoms with Crippen molar-refractivity contribution in [2.75, 3.05) is 6.54 Å². The summed E-state index contributed by atoms with van der Waals surface area (Å²) in [6.07, 6.45) is -1.40. The van der Waals surface area contributed by atoms with Crippen LogP contribution >= 0.6 is 11.3 Å². The number of aliphatic hydroxyl groups is 2. The quantitative estimate of drug-likeness (QED) is 0.474. The number of carbonyl (C=O) groups is 2. The highest BCUT2D eigenvalue weighted by atomic mass is 32.1. The van der Waals surface area contributed by atoms with Gasteiger partial charge >= 0.3 is 0 Å². The second kappa shape index (κ2) is 10.7. The number of amides is 2. The van der Waals surface area contributed by atoms with Crippen LogP contribution in [0.5, 0.6) is 0 Å². The number of hydrogen-bond donors (Lipinski definition) is 3. The number of thiazole rings is 1. The van der Waals surface area contributed by atoms with Crippen molar-refractivity contribution < 1.29 is 19.8 Å². The Kier molecular flexibility index (Phi) is 7.49. The maximum Gasteiger partial charge on any atom is 0.255 e. The van der Waals surface area contributed by atoms with Crippen molar-refractivity contribution in [3.63, 3.8) is 0 Å². The summed E-state index contributed by atoms with van der Waals surface area (Å²) in [5.41, 5.74) is 3.02. The summed E-state index contributed by atoms with van der Waals surface area (Å²) in [5.74, 6) is -1.44. The van der Waals surface area contributed by atoms with Crippen molar-refractivity contribution in [3.05, 3.63) is 87.9 Å². The van der Waals surface area contributed by atoms with E-state index in [1.165, 1.54) is 11.3 Å². The predicted molar refractivity (Wildman–Crippen MR) is 125 cm³/mol. The summed E-state index contributed by atoms with van der Waals surface area (Å²) in [7, 11) is 0. The molecule has 3 aromatic rings. The number of hydrogen-bond acceptors (Lipinski definition) is 6. The summed E-state index contributed by atoms with van der Waals surface area (Å²) in [6, 6.07) is 19.4. The summed E-state index contributed by atoms with van der Waals surface area (Å²) in [6.45, 7) is 0.597. The first-order valence-electron chi connectivity index (χ1n) is 11.0. The zero-order valence-corrected chi connectivity index (χ0v) is 18.9. The predicted octanol–water partition coefficient (Wildman–Crippen LogP) is 2.44. The number of aromatic nitrogens is 1. The van der Waals surface area contributed by atoms with Crippen molar-refractivity contribution in [1.29, 1.82) is 0 Å². The van der Waals surface area contributed by atoms with E-state index in [4.69, 9.17) is 0 Å². The standard InChI is InChI=1S/C25H27N3O4S/c29-22(23(30)25(32)28-13-7-12-20(28)18-10-5-2-6-11-18)24(31)26-15-21-27-19(16-33-21)14-17-8-3-1-4-9-17/h1-6,8-11,16,20,22-23,29-30H,7,12-15H2,(H,26,31)/t20?,22-,23-/m1/s1. The van der Waals surface area contributed by atoms with Crippen LogP contribution < -0.4 is 5.32 Å². The van der Waals surface area contributed by atoms with E-state index < -0.39 is 24.0 Å². The third kappa shape index (κ3) is 5.65. The molecule has 3 N–H and O–H groups in total. The average molecular weight is 466 g/mol. The molecule has 33 heavy (non-hydrogen) atoms. The van der Waals surface area contributed by atoms with Crippen LogP contribution in [0.3, 0.4) is 0 Å². The molecule has 7 nitrogen and oxygen atoms in total. The maximum absolute atomic E-state index is 12.9. The second-order valence-electron chi connectivity index (χ2n) is 8.10. The molecule has 0 radical (unpaired) electrons. The normalized spacial score (nSPS) is 17.5. The number of carbonyl (C=O) groups excluding carboxylic acids is 2. The van der Waals surface area contributed by atoms with Crippen LogP contribution in [0.4, 0.5) is 0 Å². The molecular formula is C25H27N3O4S. The van der Waals surface area contributed by atoms with E-state index in [0.717, 1.165) is 29.7 Å². The van der Waals surface area contributed by atoms with Crippen LogP contribution in [-0.2, 0) is 22.6 Å². The fourth-order valence-electron chi connectivity index (χ4n) is 4.08. The minimum atomic E-state index is -1.85. The zero-order valence-electron chi connectivity index (χ0n) is 18.1. The lowest BCUT2D eigenvalue weighted by Crippen LogP contribution is -2.50. The van der Waals surface area contributed by atoms with Gasteiger partial charge in [-0.15, -0.1) is 11.3 Å². The van der Waals surface area contributed by atoms with Gasteiger partial charge in [-0.25, -0.2) is 4.98 Å². The molecule has 1 aliphatic rings. The highest BCUT2D eigenvalue weighted by Gasteiger charge is 2.38. The molecule has 1 saturated heterocycles. The van der Waals surface area contributed by atoms with Crippen LogP contribution in [0.25, 0.3) is 0 Å². The van der Waals surface area contributed by atoms with Crippen LogP contribution in [-0.4, -0.2) is 50.7 Å². The number of nitrogens with zero attached hydrogens (tertiary/aromatic N) is 2. The number of aliphatic hydroxyl groups excluding tert-OH is 2. The van der Waals surface area contributed by atoms with Crippen molar-refractivity contribution in [3.8, 4) is 0 Å².